The Morgan fingerprint density at radius 1 is 0.963 bits per heavy atom. The Hall–Kier alpha value is -2.01. The van der Waals surface area contributed by atoms with Crippen LogP contribution in [0.4, 0.5) is 4.79 Å². The summed E-state index contributed by atoms with van der Waals surface area (Å²) in [4.78, 5) is 11.8. The van der Waals surface area contributed by atoms with E-state index in [1.54, 1.807) is 0 Å². The summed E-state index contributed by atoms with van der Waals surface area (Å²) in [5.41, 5.74) is 2.63. The van der Waals surface area contributed by atoms with Crippen molar-refractivity contribution in [1.29, 1.82) is 0 Å². The molecule has 2 rings (SSSR count). The second kappa shape index (κ2) is 10.4. The highest BCUT2D eigenvalue weighted by molar-refractivity contribution is 9.10. The third-order valence-corrected chi connectivity index (χ3v) is 4.74. The van der Waals surface area contributed by atoms with Crippen LogP contribution in [0.3, 0.4) is 0 Å². The van der Waals surface area contributed by atoms with Crippen molar-refractivity contribution in [3.63, 3.8) is 0 Å². The van der Waals surface area contributed by atoms with Crippen molar-refractivity contribution in [2.75, 3.05) is 19.7 Å². The van der Waals surface area contributed by atoms with E-state index in [9.17, 15) is 4.79 Å². The van der Waals surface area contributed by atoms with Gasteiger partial charge in [0.05, 0.1) is 6.61 Å². The van der Waals surface area contributed by atoms with Crippen LogP contribution in [0.2, 0.25) is 0 Å². The van der Waals surface area contributed by atoms with Crippen LogP contribution >= 0.6 is 15.9 Å². The zero-order valence-corrected chi connectivity index (χ0v) is 17.9. The summed E-state index contributed by atoms with van der Waals surface area (Å²) in [5, 5.41) is 5.73. The van der Waals surface area contributed by atoms with Crippen molar-refractivity contribution >= 4 is 22.0 Å². The predicted molar refractivity (Wildman–Crippen MR) is 115 cm³/mol. The molecule has 0 spiro atoms. The van der Waals surface area contributed by atoms with Gasteiger partial charge < -0.3 is 15.4 Å². The van der Waals surface area contributed by atoms with E-state index in [1.165, 1.54) is 11.1 Å². The number of halogens is 1. The Morgan fingerprint density at radius 2 is 1.59 bits per heavy atom. The number of ether oxygens (including phenoxy) is 1. The molecule has 0 radical (unpaired) electrons. The fourth-order valence-electron chi connectivity index (χ4n) is 2.55. The summed E-state index contributed by atoms with van der Waals surface area (Å²) in [6, 6.07) is 16.2. The van der Waals surface area contributed by atoms with E-state index in [0.29, 0.717) is 19.7 Å². The molecule has 0 unspecified atom stereocenters. The second-order valence-corrected chi connectivity index (χ2v) is 8.45. The minimum absolute atomic E-state index is 0.137. The lowest BCUT2D eigenvalue weighted by Crippen LogP contribution is -2.37. The molecule has 0 aromatic heterocycles. The average molecular weight is 433 g/mol. The molecule has 0 aliphatic rings. The Kier molecular flexibility index (Phi) is 8.17. The minimum atomic E-state index is -0.137. The van der Waals surface area contributed by atoms with E-state index in [4.69, 9.17) is 4.74 Å². The van der Waals surface area contributed by atoms with E-state index in [-0.39, 0.29) is 11.4 Å². The fourth-order valence-corrected chi connectivity index (χ4v) is 2.81. The van der Waals surface area contributed by atoms with Crippen LogP contribution in [0.15, 0.2) is 53.0 Å². The number of carbonyl (C=O) groups is 1. The van der Waals surface area contributed by atoms with Gasteiger partial charge in [-0.3, -0.25) is 0 Å². The topological polar surface area (TPSA) is 50.4 Å². The van der Waals surface area contributed by atoms with Crippen LogP contribution in [0.5, 0.6) is 5.75 Å². The largest absolute Gasteiger partial charge is 0.494 e. The summed E-state index contributed by atoms with van der Waals surface area (Å²) < 4.78 is 6.79. The van der Waals surface area contributed by atoms with Crippen molar-refractivity contribution < 1.29 is 9.53 Å². The van der Waals surface area contributed by atoms with Crippen molar-refractivity contribution in [1.82, 2.24) is 10.6 Å². The smallest absolute Gasteiger partial charge is 0.314 e. The average Bonchev–Trinajstić information content (AvgIpc) is 2.63. The van der Waals surface area contributed by atoms with Gasteiger partial charge in [-0.2, -0.15) is 0 Å². The number of rotatable bonds is 8. The summed E-state index contributed by atoms with van der Waals surface area (Å²) in [7, 11) is 0. The Bertz CT molecular complexity index is 707. The molecule has 0 saturated carbocycles. The van der Waals surface area contributed by atoms with E-state index in [0.717, 1.165) is 23.1 Å². The zero-order valence-electron chi connectivity index (χ0n) is 16.3. The van der Waals surface area contributed by atoms with Gasteiger partial charge in [0.1, 0.15) is 5.75 Å². The zero-order chi connectivity index (χ0) is 19.7. The van der Waals surface area contributed by atoms with Crippen molar-refractivity contribution in [2.45, 2.75) is 39.0 Å². The molecule has 0 bridgehead atoms. The van der Waals surface area contributed by atoms with E-state index in [2.05, 4.69) is 71.6 Å². The van der Waals surface area contributed by atoms with E-state index >= 15 is 0 Å². The summed E-state index contributed by atoms with van der Waals surface area (Å²) in [5.74, 6) is 0.863. The standard InChI is InChI=1S/C22H29BrN2O2/c1-22(2,3)18-7-11-20(12-8-18)27-16-4-14-24-21(26)25-15-13-17-5-9-19(23)10-6-17/h5-12H,4,13-16H2,1-3H3,(H2,24,25,26). The fraction of sp³-hybridized carbons (Fsp3) is 0.409. The van der Waals surface area contributed by atoms with Gasteiger partial charge in [0.2, 0.25) is 0 Å². The summed E-state index contributed by atoms with van der Waals surface area (Å²) in [6.07, 6.45) is 1.58. The molecule has 2 amide bonds. The molecule has 0 heterocycles. The van der Waals surface area contributed by atoms with Gasteiger partial charge in [-0.25, -0.2) is 4.79 Å². The lowest BCUT2D eigenvalue weighted by atomic mass is 9.87. The van der Waals surface area contributed by atoms with Crippen LogP contribution in [0, 0.1) is 0 Å². The van der Waals surface area contributed by atoms with Gasteiger partial charge in [0.15, 0.2) is 0 Å². The predicted octanol–water partition coefficient (Wildman–Crippen LogP) is 5.06. The number of amides is 2. The molecule has 4 nitrogen and oxygen atoms in total. The third kappa shape index (κ3) is 8.04. The van der Waals surface area contributed by atoms with Crippen LogP contribution < -0.4 is 15.4 Å². The molecule has 0 aliphatic carbocycles. The van der Waals surface area contributed by atoms with Crippen molar-refractivity contribution in [3.05, 3.63) is 64.1 Å². The third-order valence-electron chi connectivity index (χ3n) is 4.21. The Morgan fingerprint density at radius 3 is 2.22 bits per heavy atom. The molecule has 0 atom stereocenters. The van der Waals surface area contributed by atoms with Crippen LogP contribution in [-0.2, 0) is 11.8 Å². The number of hydrogen-bond donors (Lipinski definition) is 2. The monoisotopic (exact) mass is 432 g/mol. The maximum absolute atomic E-state index is 11.8. The molecule has 2 aromatic carbocycles. The second-order valence-electron chi connectivity index (χ2n) is 7.54. The van der Waals surface area contributed by atoms with Crippen LogP contribution in [0.1, 0.15) is 38.3 Å². The number of nitrogens with one attached hydrogen (secondary N) is 2. The SMILES string of the molecule is CC(C)(C)c1ccc(OCCCNC(=O)NCCc2ccc(Br)cc2)cc1. The highest BCUT2D eigenvalue weighted by Gasteiger charge is 2.12. The van der Waals surface area contributed by atoms with Gasteiger partial charge in [-0.05, 0) is 53.6 Å². The maximum atomic E-state index is 11.8. The molecule has 0 aliphatic heterocycles. The molecule has 2 N–H and O–H groups in total. The molecular weight excluding hydrogens is 404 g/mol. The molecule has 146 valence electrons. The van der Waals surface area contributed by atoms with E-state index < -0.39 is 0 Å². The maximum Gasteiger partial charge on any atom is 0.314 e. The first-order valence-corrected chi connectivity index (χ1v) is 10.1. The highest BCUT2D eigenvalue weighted by atomic mass is 79.9. The first-order valence-electron chi connectivity index (χ1n) is 9.34. The Balaban J connectivity index is 1.55. The Labute approximate surface area is 170 Å². The quantitative estimate of drug-likeness (QED) is 0.572. The molecular formula is C22H29BrN2O2. The molecule has 27 heavy (non-hydrogen) atoms. The van der Waals surface area contributed by atoms with E-state index in [1.807, 2.05) is 24.3 Å². The number of benzene rings is 2. The first-order chi connectivity index (χ1) is 12.8. The summed E-state index contributed by atoms with van der Waals surface area (Å²) >= 11 is 3.41. The van der Waals surface area contributed by atoms with Crippen molar-refractivity contribution in [2.24, 2.45) is 0 Å². The highest BCUT2D eigenvalue weighted by Crippen LogP contribution is 2.24. The summed E-state index contributed by atoms with van der Waals surface area (Å²) in [6.45, 7) is 8.36. The molecule has 0 saturated heterocycles. The van der Waals surface area contributed by atoms with Gasteiger partial charge in [-0.15, -0.1) is 0 Å². The number of carbonyl (C=O) groups excluding carboxylic acids is 1. The van der Waals surface area contributed by atoms with Gasteiger partial charge in [0.25, 0.3) is 0 Å². The minimum Gasteiger partial charge on any atom is -0.494 e. The number of hydrogen-bond acceptors (Lipinski definition) is 2. The molecule has 2 aromatic rings. The van der Waals surface area contributed by atoms with Crippen LogP contribution in [-0.4, -0.2) is 25.7 Å². The van der Waals surface area contributed by atoms with Gasteiger partial charge >= 0.3 is 6.03 Å². The molecule has 5 heteroatoms. The normalized spacial score (nSPS) is 11.1. The lowest BCUT2D eigenvalue weighted by Gasteiger charge is -2.19. The lowest BCUT2D eigenvalue weighted by molar-refractivity contribution is 0.239. The number of urea groups is 1. The first kappa shape index (κ1) is 21.3. The van der Waals surface area contributed by atoms with Gasteiger partial charge in [-0.1, -0.05) is 61.0 Å². The van der Waals surface area contributed by atoms with Crippen molar-refractivity contribution in [3.8, 4) is 5.75 Å². The van der Waals surface area contributed by atoms with Crippen LogP contribution in [0.25, 0.3) is 0 Å². The van der Waals surface area contributed by atoms with Gasteiger partial charge in [0, 0.05) is 17.6 Å². The molecule has 0 fully saturated rings.